The molecule has 2 nitrogen and oxygen atoms in total. The number of aromatic nitrogens is 1. The van der Waals surface area contributed by atoms with E-state index in [0.717, 1.165) is 6.42 Å². The van der Waals surface area contributed by atoms with Crippen molar-refractivity contribution in [2.75, 3.05) is 0 Å². The van der Waals surface area contributed by atoms with Gasteiger partial charge in [-0.2, -0.15) is 5.26 Å². The molecule has 0 bridgehead atoms. The number of nitrogens with zero attached hydrogens (tertiary/aromatic N) is 2. The zero-order chi connectivity index (χ0) is 9.84. The molecule has 1 rings (SSSR count). The predicted octanol–water partition coefficient (Wildman–Crippen LogP) is 2.97. The van der Waals surface area contributed by atoms with Gasteiger partial charge < -0.3 is 4.57 Å². The monoisotopic (exact) mass is 176 g/mol. The Morgan fingerprint density at radius 2 is 1.92 bits per heavy atom. The van der Waals surface area contributed by atoms with Crippen LogP contribution in [0.15, 0.2) is 12.1 Å². The molecule has 1 heterocycles. The normalized spacial score (nSPS) is 12.5. The van der Waals surface area contributed by atoms with Crippen LogP contribution in [-0.4, -0.2) is 4.57 Å². The Hall–Kier alpha value is -1.23. The molecule has 0 amide bonds. The Morgan fingerprint density at radius 3 is 2.31 bits per heavy atom. The first-order chi connectivity index (χ1) is 6.20. The predicted molar refractivity (Wildman–Crippen MR) is 53.5 cm³/mol. The largest absolute Gasteiger partial charge is 0.345 e. The summed E-state index contributed by atoms with van der Waals surface area (Å²) in [5.41, 5.74) is 2.50. The van der Waals surface area contributed by atoms with Crippen LogP contribution in [0.4, 0.5) is 0 Å². The van der Waals surface area contributed by atoms with Crippen molar-refractivity contribution in [1.29, 1.82) is 5.26 Å². The highest BCUT2D eigenvalue weighted by Crippen LogP contribution is 2.21. The molecule has 0 fully saturated rings. The number of hydrogen-bond acceptors (Lipinski definition) is 1. The Kier molecular flexibility index (Phi) is 3.13. The van der Waals surface area contributed by atoms with Crippen molar-refractivity contribution in [3.8, 4) is 6.07 Å². The van der Waals surface area contributed by atoms with E-state index in [1.54, 1.807) is 0 Å². The van der Waals surface area contributed by atoms with Gasteiger partial charge in [-0.3, -0.25) is 0 Å². The van der Waals surface area contributed by atoms with Crippen molar-refractivity contribution >= 4 is 0 Å². The summed E-state index contributed by atoms with van der Waals surface area (Å²) in [4.78, 5) is 0. The molecule has 0 aromatic carbocycles. The van der Waals surface area contributed by atoms with Gasteiger partial charge in [0.2, 0.25) is 0 Å². The molecule has 1 aromatic rings. The summed E-state index contributed by atoms with van der Waals surface area (Å²) >= 11 is 0. The second-order valence-corrected chi connectivity index (χ2v) is 3.41. The molecule has 1 atom stereocenters. The summed E-state index contributed by atoms with van der Waals surface area (Å²) in [5, 5.41) is 8.69. The van der Waals surface area contributed by atoms with E-state index in [4.69, 9.17) is 5.26 Å². The van der Waals surface area contributed by atoms with Crippen LogP contribution in [0.3, 0.4) is 0 Å². The first-order valence-corrected chi connectivity index (χ1v) is 4.72. The van der Waals surface area contributed by atoms with Gasteiger partial charge in [-0.25, -0.2) is 0 Å². The van der Waals surface area contributed by atoms with E-state index in [1.165, 1.54) is 11.4 Å². The molecular formula is C11H16N2. The highest BCUT2D eigenvalue weighted by Gasteiger charge is 2.11. The molecule has 0 N–H and O–H groups in total. The second kappa shape index (κ2) is 4.13. The summed E-state index contributed by atoms with van der Waals surface area (Å²) < 4.78 is 2.25. The minimum Gasteiger partial charge on any atom is -0.345 e. The van der Waals surface area contributed by atoms with Crippen LogP contribution in [0.1, 0.15) is 37.2 Å². The molecule has 2 heteroatoms. The van der Waals surface area contributed by atoms with Crippen LogP contribution in [-0.2, 0) is 0 Å². The number of nitriles is 1. The molecule has 1 aromatic heterocycles. The minimum absolute atomic E-state index is 0.347. The first kappa shape index (κ1) is 9.85. The summed E-state index contributed by atoms with van der Waals surface area (Å²) in [6, 6.07) is 6.80. The molecule has 0 aliphatic rings. The smallest absolute Gasteiger partial charge is 0.0643 e. The van der Waals surface area contributed by atoms with Crippen molar-refractivity contribution in [3.05, 3.63) is 23.5 Å². The van der Waals surface area contributed by atoms with Gasteiger partial charge in [0.15, 0.2) is 0 Å². The molecule has 0 aliphatic heterocycles. The minimum atomic E-state index is 0.347. The van der Waals surface area contributed by atoms with E-state index in [9.17, 15) is 0 Å². The summed E-state index contributed by atoms with van der Waals surface area (Å²) in [7, 11) is 0. The van der Waals surface area contributed by atoms with Crippen LogP contribution >= 0.6 is 0 Å². The van der Waals surface area contributed by atoms with Crippen LogP contribution < -0.4 is 0 Å². The lowest BCUT2D eigenvalue weighted by atomic mass is 10.1. The van der Waals surface area contributed by atoms with Crippen LogP contribution in [0.2, 0.25) is 0 Å². The maximum Gasteiger partial charge on any atom is 0.0643 e. The first-order valence-electron chi connectivity index (χ1n) is 4.72. The lowest BCUT2D eigenvalue weighted by Crippen LogP contribution is -2.10. The lowest BCUT2D eigenvalue weighted by Gasteiger charge is -2.18. The van der Waals surface area contributed by atoms with E-state index < -0.39 is 0 Å². The fraction of sp³-hybridized carbons (Fsp3) is 0.545. The molecule has 1 unspecified atom stereocenters. The Labute approximate surface area is 79.8 Å². The van der Waals surface area contributed by atoms with Crippen molar-refractivity contribution in [2.24, 2.45) is 0 Å². The standard InChI is InChI=1S/C11H16N2/c1-4-11(7-8-12)13-9(2)5-6-10(13)3/h5-6,11H,4,7H2,1-3H3. The molecule has 0 aliphatic carbocycles. The second-order valence-electron chi connectivity index (χ2n) is 3.41. The van der Waals surface area contributed by atoms with Gasteiger partial charge in [0.1, 0.15) is 0 Å². The topological polar surface area (TPSA) is 28.7 Å². The summed E-state index contributed by atoms with van der Waals surface area (Å²) in [6.07, 6.45) is 1.62. The summed E-state index contributed by atoms with van der Waals surface area (Å²) in [6.45, 7) is 6.31. The molecule has 13 heavy (non-hydrogen) atoms. The van der Waals surface area contributed by atoms with Gasteiger partial charge in [0, 0.05) is 17.4 Å². The average Bonchev–Trinajstić information content (AvgIpc) is 2.43. The molecule has 0 spiro atoms. The molecule has 0 radical (unpaired) electrons. The van der Waals surface area contributed by atoms with Gasteiger partial charge in [0.05, 0.1) is 12.5 Å². The number of aryl methyl sites for hydroxylation is 2. The van der Waals surface area contributed by atoms with Crippen molar-refractivity contribution in [1.82, 2.24) is 4.57 Å². The van der Waals surface area contributed by atoms with Crippen LogP contribution in [0.25, 0.3) is 0 Å². The quantitative estimate of drug-likeness (QED) is 0.696. The van der Waals surface area contributed by atoms with Crippen molar-refractivity contribution < 1.29 is 0 Å². The third-order valence-electron chi connectivity index (χ3n) is 2.49. The molecule has 0 saturated carbocycles. The molecule has 0 saturated heterocycles. The van der Waals surface area contributed by atoms with Gasteiger partial charge >= 0.3 is 0 Å². The van der Waals surface area contributed by atoms with Crippen LogP contribution in [0, 0.1) is 25.2 Å². The third-order valence-corrected chi connectivity index (χ3v) is 2.49. The van der Waals surface area contributed by atoms with Crippen molar-refractivity contribution in [2.45, 2.75) is 39.7 Å². The van der Waals surface area contributed by atoms with Crippen LogP contribution in [0.5, 0.6) is 0 Å². The van der Waals surface area contributed by atoms with E-state index in [1.807, 2.05) is 0 Å². The fourth-order valence-electron chi connectivity index (χ4n) is 1.78. The fourth-order valence-corrected chi connectivity index (χ4v) is 1.78. The van der Waals surface area contributed by atoms with Gasteiger partial charge in [-0.05, 0) is 32.4 Å². The van der Waals surface area contributed by atoms with E-state index in [-0.39, 0.29) is 0 Å². The zero-order valence-electron chi connectivity index (χ0n) is 8.54. The molecular weight excluding hydrogens is 160 g/mol. The number of rotatable bonds is 3. The average molecular weight is 176 g/mol. The lowest BCUT2D eigenvalue weighted by molar-refractivity contribution is 0.479. The van der Waals surface area contributed by atoms with E-state index >= 15 is 0 Å². The Balaban J connectivity index is 2.97. The maximum atomic E-state index is 8.69. The van der Waals surface area contributed by atoms with Gasteiger partial charge in [0.25, 0.3) is 0 Å². The highest BCUT2D eigenvalue weighted by atomic mass is 15.0. The van der Waals surface area contributed by atoms with E-state index in [0.29, 0.717) is 12.5 Å². The Bertz CT molecular complexity index is 298. The molecule has 70 valence electrons. The Morgan fingerprint density at radius 1 is 1.38 bits per heavy atom. The maximum absolute atomic E-state index is 8.69. The highest BCUT2D eigenvalue weighted by molar-refractivity contribution is 5.15. The van der Waals surface area contributed by atoms with Gasteiger partial charge in [-0.15, -0.1) is 0 Å². The third kappa shape index (κ3) is 1.92. The summed E-state index contributed by atoms with van der Waals surface area (Å²) in [5.74, 6) is 0. The SMILES string of the molecule is CCC(CC#N)n1c(C)ccc1C. The van der Waals surface area contributed by atoms with E-state index in [2.05, 4.69) is 43.5 Å². The number of hydrogen-bond donors (Lipinski definition) is 0. The van der Waals surface area contributed by atoms with Crippen molar-refractivity contribution in [3.63, 3.8) is 0 Å². The van der Waals surface area contributed by atoms with Gasteiger partial charge in [-0.1, -0.05) is 6.92 Å². The zero-order valence-corrected chi connectivity index (χ0v) is 8.54.